The normalized spacial score (nSPS) is 19.6. The maximum atomic E-state index is 12.9. The number of hydrogen-bond donors (Lipinski definition) is 2. The molecule has 2 aromatic rings. The van der Waals surface area contributed by atoms with E-state index in [1.54, 1.807) is 24.0 Å². The molecule has 1 aliphatic heterocycles. The van der Waals surface area contributed by atoms with Gasteiger partial charge in [0.2, 0.25) is 0 Å². The van der Waals surface area contributed by atoms with E-state index in [4.69, 9.17) is 17.3 Å². The molecule has 0 saturated carbocycles. The molecule has 3 N–H and O–H groups in total. The van der Waals surface area contributed by atoms with Crippen LogP contribution in [-0.4, -0.2) is 28.2 Å². The molecule has 2 heterocycles. The first-order chi connectivity index (χ1) is 12.8. The van der Waals surface area contributed by atoms with Gasteiger partial charge in [0.1, 0.15) is 5.82 Å². The first kappa shape index (κ1) is 19.2. The third kappa shape index (κ3) is 4.39. The molecule has 1 fully saturated rings. The van der Waals surface area contributed by atoms with E-state index in [2.05, 4.69) is 17.2 Å². The molecular formula is C20H23ClN4O2. The van der Waals surface area contributed by atoms with E-state index in [0.717, 1.165) is 24.0 Å². The van der Waals surface area contributed by atoms with Crippen molar-refractivity contribution >= 4 is 34.9 Å². The minimum Gasteiger partial charge on any atom is -0.383 e. The summed E-state index contributed by atoms with van der Waals surface area (Å²) in [6, 6.07) is 8.99. The Morgan fingerprint density at radius 1 is 1.30 bits per heavy atom. The number of halogens is 1. The third-order valence-corrected chi connectivity index (χ3v) is 5.12. The summed E-state index contributed by atoms with van der Waals surface area (Å²) in [5, 5.41) is 3.25. The van der Waals surface area contributed by atoms with Crippen molar-refractivity contribution in [3.63, 3.8) is 0 Å². The highest BCUT2D eigenvalue weighted by Crippen LogP contribution is 2.34. The number of nitrogens with zero attached hydrogens (tertiary/aromatic N) is 2. The van der Waals surface area contributed by atoms with Crippen LogP contribution in [0.25, 0.3) is 0 Å². The van der Waals surface area contributed by atoms with Gasteiger partial charge in [-0.2, -0.15) is 0 Å². The lowest BCUT2D eigenvalue weighted by Gasteiger charge is -2.38. The summed E-state index contributed by atoms with van der Waals surface area (Å²) in [7, 11) is 0. The van der Waals surface area contributed by atoms with Crippen molar-refractivity contribution < 1.29 is 9.59 Å². The Labute approximate surface area is 163 Å². The molecule has 1 saturated heterocycles. The van der Waals surface area contributed by atoms with Crippen LogP contribution in [0, 0.1) is 12.8 Å². The fourth-order valence-electron chi connectivity index (χ4n) is 3.41. The fraction of sp³-hybridized carbons (Fsp3) is 0.350. The van der Waals surface area contributed by atoms with Crippen LogP contribution in [0.4, 0.5) is 11.5 Å². The summed E-state index contributed by atoms with van der Waals surface area (Å²) in [5.41, 5.74) is 7.83. The smallest absolute Gasteiger partial charge is 0.313 e. The second-order valence-corrected chi connectivity index (χ2v) is 7.53. The summed E-state index contributed by atoms with van der Waals surface area (Å²) < 4.78 is 0. The Kier molecular flexibility index (Phi) is 5.65. The summed E-state index contributed by atoms with van der Waals surface area (Å²) in [5.74, 6) is -0.508. The van der Waals surface area contributed by atoms with E-state index in [1.807, 2.05) is 18.2 Å². The highest BCUT2D eigenvalue weighted by Gasteiger charge is 2.34. The van der Waals surface area contributed by atoms with Gasteiger partial charge in [0.25, 0.3) is 0 Å². The number of aryl methyl sites for hydroxylation is 1. The lowest BCUT2D eigenvalue weighted by Crippen LogP contribution is -2.46. The molecule has 6 nitrogen and oxygen atoms in total. The zero-order valence-corrected chi connectivity index (χ0v) is 16.2. The Hall–Kier alpha value is -2.60. The highest BCUT2D eigenvalue weighted by molar-refractivity contribution is 6.39. The molecule has 1 aromatic heterocycles. The van der Waals surface area contributed by atoms with Gasteiger partial charge in [-0.15, -0.1) is 0 Å². The number of benzene rings is 1. The van der Waals surface area contributed by atoms with Crippen molar-refractivity contribution in [2.45, 2.75) is 32.7 Å². The van der Waals surface area contributed by atoms with Gasteiger partial charge in [-0.05, 0) is 55.0 Å². The molecule has 2 amide bonds. The van der Waals surface area contributed by atoms with Gasteiger partial charge in [-0.3, -0.25) is 9.59 Å². The number of anilines is 2. The van der Waals surface area contributed by atoms with Crippen LogP contribution in [0.3, 0.4) is 0 Å². The molecule has 3 rings (SSSR count). The molecule has 1 aromatic carbocycles. The summed E-state index contributed by atoms with van der Waals surface area (Å²) >= 11 is 6.12. The van der Waals surface area contributed by atoms with Gasteiger partial charge in [-0.1, -0.05) is 30.7 Å². The van der Waals surface area contributed by atoms with Crippen LogP contribution in [0.15, 0.2) is 36.5 Å². The van der Waals surface area contributed by atoms with Crippen LogP contribution in [0.5, 0.6) is 0 Å². The molecule has 0 radical (unpaired) electrons. The molecule has 0 unspecified atom stereocenters. The zero-order valence-electron chi connectivity index (χ0n) is 15.4. The standard InChI is InChI=1S/C20H23ClN4O2/c1-12-6-7-17(14-4-3-5-15(21)9-14)25(11-12)20(27)19(26)24-16-8-13(2)18(22)23-10-16/h3-5,8-10,12,17H,6-7,11H2,1-2H3,(H2,22,23)(H,24,26)/t12-,17+/m1/s1. The first-order valence-corrected chi connectivity index (χ1v) is 9.32. The second kappa shape index (κ2) is 7.96. The molecule has 0 spiro atoms. The highest BCUT2D eigenvalue weighted by atomic mass is 35.5. The van der Waals surface area contributed by atoms with Gasteiger partial charge >= 0.3 is 11.8 Å². The number of nitrogens with two attached hydrogens (primary N) is 1. The molecule has 142 valence electrons. The maximum Gasteiger partial charge on any atom is 0.313 e. The van der Waals surface area contributed by atoms with Crippen molar-refractivity contribution in [3.05, 3.63) is 52.7 Å². The summed E-state index contributed by atoms with van der Waals surface area (Å²) in [4.78, 5) is 31.1. The number of nitrogen functional groups attached to an aromatic ring is 1. The SMILES string of the molecule is Cc1cc(NC(=O)C(=O)N2C[C@H](C)CC[C@H]2c2cccc(Cl)c2)cnc1N. The molecule has 7 heteroatoms. The van der Waals surface area contributed by atoms with Gasteiger partial charge in [0.15, 0.2) is 0 Å². The molecule has 27 heavy (non-hydrogen) atoms. The van der Waals surface area contributed by atoms with Crippen LogP contribution in [0.1, 0.15) is 36.9 Å². The van der Waals surface area contributed by atoms with Gasteiger partial charge in [0.05, 0.1) is 17.9 Å². The van der Waals surface area contributed by atoms with E-state index in [-0.39, 0.29) is 6.04 Å². The van der Waals surface area contributed by atoms with Gasteiger partial charge in [-0.25, -0.2) is 4.98 Å². The van der Waals surface area contributed by atoms with Crippen molar-refractivity contribution in [1.82, 2.24) is 9.88 Å². The van der Waals surface area contributed by atoms with Crippen molar-refractivity contribution in [2.24, 2.45) is 5.92 Å². The number of pyridine rings is 1. The molecule has 0 bridgehead atoms. The minimum atomic E-state index is -0.679. The number of amides is 2. The Balaban J connectivity index is 1.80. The van der Waals surface area contributed by atoms with Crippen LogP contribution in [0.2, 0.25) is 5.02 Å². The molecule has 1 aliphatic rings. The topological polar surface area (TPSA) is 88.3 Å². The first-order valence-electron chi connectivity index (χ1n) is 8.94. The van der Waals surface area contributed by atoms with E-state index >= 15 is 0 Å². The predicted molar refractivity (Wildman–Crippen MR) is 106 cm³/mol. The van der Waals surface area contributed by atoms with E-state index < -0.39 is 11.8 Å². The summed E-state index contributed by atoms with van der Waals surface area (Å²) in [6.07, 6.45) is 3.23. The Morgan fingerprint density at radius 3 is 2.78 bits per heavy atom. The van der Waals surface area contributed by atoms with Crippen molar-refractivity contribution in [3.8, 4) is 0 Å². The molecular weight excluding hydrogens is 364 g/mol. The van der Waals surface area contributed by atoms with Crippen LogP contribution < -0.4 is 11.1 Å². The number of likely N-dealkylation sites (tertiary alicyclic amines) is 1. The number of piperidine rings is 1. The maximum absolute atomic E-state index is 12.9. The monoisotopic (exact) mass is 386 g/mol. The van der Waals surface area contributed by atoms with E-state index in [1.165, 1.54) is 6.20 Å². The lowest BCUT2D eigenvalue weighted by molar-refractivity contribution is -0.146. The fourth-order valence-corrected chi connectivity index (χ4v) is 3.60. The number of rotatable bonds is 2. The second-order valence-electron chi connectivity index (χ2n) is 7.09. The number of carbonyl (C=O) groups excluding carboxylic acids is 2. The number of hydrogen-bond acceptors (Lipinski definition) is 4. The van der Waals surface area contributed by atoms with E-state index in [0.29, 0.717) is 29.0 Å². The van der Waals surface area contributed by atoms with Crippen LogP contribution >= 0.6 is 11.6 Å². The summed E-state index contributed by atoms with van der Waals surface area (Å²) in [6.45, 7) is 4.41. The van der Waals surface area contributed by atoms with E-state index in [9.17, 15) is 9.59 Å². The molecule has 2 atom stereocenters. The molecule has 0 aliphatic carbocycles. The zero-order chi connectivity index (χ0) is 19.6. The van der Waals surface area contributed by atoms with Gasteiger partial charge in [0, 0.05) is 11.6 Å². The average molecular weight is 387 g/mol. The quantitative estimate of drug-likeness (QED) is 0.772. The Bertz CT molecular complexity index is 871. The third-order valence-electron chi connectivity index (χ3n) is 4.88. The Morgan fingerprint density at radius 2 is 2.07 bits per heavy atom. The van der Waals surface area contributed by atoms with Crippen LogP contribution in [-0.2, 0) is 9.59 Å². The minimum absolute atomic E-state index is 0.163. The number of aromatic nitrogens is 1. The average Bonchev–Trinajstić information content (AvgIpc) is 2.64. The van der Waals surface area contributed by atoms with Crippen molar-refractivity contribution in [2.75, 3.05) is 17.6 Å². The lowest BCUT2D eigenvalue weighted by atomic mass is 9.90. The predicted octanol–water partition coefficient (Wildman–Crippen LogP) is 3.56. The number of carbonyl (C=O) groups is 2. The van der Waals surface area contributed by atoms with Crippen molar-refractivity contribution in [1.29, 1.82) is 0 Å². The van der Waals surface area contributed by atoms with Gasteiger partial charge < -0.3 is 16.0 Å². The largest absolute Gasteiger partial charge is 0.383 e. The number of nitrogens with one attached hydrogen (secondary N) is 1.